The molecule has 15 heavy (non-hydrogen) atoms. The van der Waals surface area contributed by atoms with Crippen LogP contribution in [-0.4, -0.2) is 51.0 Å². The molecule has 1 aliphatic heterocycles. The minimum atomic E-state index is 0.00299. The molecule has 0 aromatic rings. The van der Waals surface area contributed by atoms with Crippen LogP contribution >= 0.6 is 0 Å². The maximum absolute atomic E-state index is 5.72. The van der Waals surface area contributed by atoms with E-state index in [2.05, 4.69) is 32.7 Å². The highest BCUT2D eigenvalue weighted by Crippen LogP contribution is 2.20. The van der Waals surface area contributed by atoms with Gasteiger partial charge in [-0.1, -0.05) is 20.3 Å². The van der Waals surface area contributed by atoms with Crippen molar-refractivity contribution >= 4 is 0 Å². The van der Waals surface area contributed by atoms with Gasteiger partial charge in [0.2, 0.25) is 0 Å². The van der Waals surface area contributed by atoms with Crippen LogP contribution < -0.4 is 0 Å². The molecular weight excluding hydrogens is 190 g/mol. The monoisotopic (exact) mass is 217 g/mol. The van der Waals surface area contributed by atoms with Crippen LogP contribution in [0.3, 0.4) is 0 Å². The fraction of sp³-hybridized carbons (Fsp3) is 1.00. The van der Waals surface area contributed by atoms with Crippen molar-refractivity contribution in [3.63, 3.8) is 0 Å². The first kappa shape index (κ1) is 14.9. The molecule has 1 saturated heterocycles. The van der Waals surface area contributed by atoms with E-state index >= 15 is 0 Å². The van der Waals surface area contributed by atoms with Gasteiger partial charge >= 0.3 is 0 Å². The van der Waals surface area contributed by atoms with E-state index in [0.717, 1.165) is 32.7 Å². The second-order valence-corrected chi connectivity index (χ2v) is 4.49. The summed E-state index contributed by atoms with van der Waals surface area (Å²) in [6.45, 7) is 10.1. The van der Waals surface area contributed by atoms with Crippen LogP contribution in [0.1, 0.15) is 33.6 Å². The maximum atomic E-state index is 5.72. The van der Waals surface area contributed by atoms with E-state index in [1.54, 1.807) is 7.11 Å². The van der Waals surface area contributed by atoms with Crippen molar-refractivity contribution in [1.29, 1.82) is 0 Å². The van der Waals surface area contributed by atoms with Crippen LogP contribution in [0.5, 0.6) is 0 Å². The zero-order valence-electron chi connectivity index (χ0n) is 11.0. The van der Waals surface area contributed by atoms with Crippen LogP contribution in [0.2, 0.25) is 0 Å². The molecule has 1 fully saturated rings. The molecule has 1 rings (SSSR count). The Morgan fingerprint density at radius 1 is 1.40 bits per heavy atom. The standard InChI is InChI=1S/C9H19NO2.C3H8/c1-9(4-6-11-3)8-10(2)5-7-12-9;1-3-2/h4-8H2,1-3H3;3H2,1-2H3. The lowest BCUT2D eigenvalue weighted by Gasteiger charge is -2.38. The van der Waals surface area contributed by atoms with Gasteiger partial charge in [0.05, 0.1) is 12.2 Å². The van der Waals surface area contributed by atoms with Crippen molar-refractivity contribution in [2.45, 2.75) is 39.2 Å². The van der Waals surface area contributed by atoms with Crippen LogP contribution in [0.4, 0.5) is 0 Å². The largest absolute Gasteiger partial charge is 0.385 e. The summed E-state index contributed by atoms with van der Waals surface area (Å²) in [7, 11) is 3.86. The fourth-order valence-electron chi connectivity index (χ4n) is 1.61. The topological polar surface area (TPSA) is 21.7 Å². The van der Waals surface area contributed by atoms with Gasteiger partial charge in [0.25, 0.3) is 0 Å². The molecule has 0 aromatic heterocycles. The summed E-state index contributed by atoms with van der Waals surface area (Å²) in [5.41, 5.74) is 0.00299. The highest BCUT2D eigenvalue weighted by atomic mass is 16.5. The summed E-state index contributed by atoms with van der Waals surface area (Å²) in [5.74, 6) is 0. The van der Waals surface area contributed by atoms with Gasteiger partial charge in [-0.15, -0.1) is 0 Å². The summed E-state index contributed by atoms with van der Waals surface area (Å²) < 4.78 is 10.8. The van der Waals surface area contributed by atoms with Crippen LogP contribution in [0.25, 0.3) is 0 Å². The number of methoxy groups -OCH3 is 1. The molecule has 1 atom stereocenters. The molecule has 0 saturated carbocycles. The number of nitrogens with zero attached hydrogens (tertiary/aromatic N) is 1. The predicted molar refractivity (Wildman–Crippen MR) is 64.3 cm³/mol. The third-order valence-electron chi connectivity index (χ3n) is 2.36. The first-order valence-corrected chi connectivity index (χ1v) is 5.89. The second-order valence-electron chi connectivity index (χ2n) is 4.49. The van der Waals surface area contributed by atoms with E-state index in [4.69, 9.17) is 9.47 Å². The minimum absolute atomic E-state index is 0.00299. The molecule has 3 heteroatoms. The molecule has 0 aromatic carbocycles. The van der Waals surface area contributed by atoms with Gasteiger partial charge in [0.15, 0.2) is 0 Å². The smallest absolute Gasteiger partial charge is 0.0803 e. The summed E-state index contributed by atoms with van der Waals surface area (Å²) in [6, 6.07) is 0. The predicted octanol–water partition coefficient (Wildman–Crippen LogP) is 2.16. The number of ether oxygens (including phenoxy) is 2. The summed E-state index contributed by atoms with van der Waals surface area (Å²) in [4.78, 5) is 2.30. The number of hydrogen-bond acceptors (Lipinski definition) is 3. The molecule has 1 aliphatic rings. The Morgan fingerprint density at radius 2 is 2.00 bits per heavy atom. The highest BCUT2D eigenvalue weighted by Gasteiger charge is 2.29. The zero-order chi connectivity index (χ0) is 11.7. The van der Waals surface area contributed by atoms with Crippen LogP contribution in [0.15, 0.2) is 0 Å². The Bertz CT molecular complexity index is 153. The summed E-state index contributed by atoms with van der Waals surface area (Å²) in [5, 5.41) is 0. The lowest BCUT2D eigenvalue weighted by atomic mass is 10.0. The van der Waals surface area contributed by atoms with Gasteiger partial charge in [0, 0.05) is 33.2 Å². The van der Waals surface area contributed by atoms with Crippen molar-refractivity contribution in [2.24, 2.45) is 0 Å². The van der Waals surface area contributed by atoms with Gasteiger partial charge in [0.1, 0.15) is 0 Å². The average Bonchev–Trinajstić information content (AvgIpc) is 2.16. The first-order valence-electron chi connectivity index (χ1n) is 5.89. The normalized spacial score (nSPS) is 27.0. The average molecular weight is 217 g/mol. The molecule has 0 spiro atoms. The lowest BCUT2D eigenvalue weighted by molar-refractivity contribution is -0.103. The minimum Gasteiger partial charge on any atom is -0.385 e. The SMILES string of the molecule is CCC.COCCC1(C)CN(C)CCO1. The van der Waals surface area contributed by atoms with E-state index < -0.39 is 0 Å². The molecule has 0 amide bonds. The van der Waals surface area contributed by atoms with Gasteiger partial charge in [-0.05, 0) is 14.0 Å². The Morgan fingerprint density at radius 3 is 2.47 bits per heavy atom. The molecule has 0 N–H and O–H groups in total. The summed E-state index contributed by atoms with van der Waals surface area (Å²) >= 11 is 0. The van der Waals surface area contributed by atoms with Crippen molar-refractivity contribution in [3.05, 3.63) is 0 Å². The van der Waals surface area contributed by atoms with E-state index in [1.807, 2.05) is 0 Å². The molecule has 0 bridgehead atoms. The molecule has 1 heterocycles. The summed E-state index contributed by atoms with van der Waals surface area (Å²) in [6.07, 6.45) is 2.23. The van der Waals surface area contributed by atoms with Crippen molar-refractivity contribution in [2.75, 3.05) is 40.5 Å². The molecule has 92 valence electrons. The van der Waals surface area contributed by atoms with Gasteiger partial charge in [-0.2, -0.15) is 0 Å². The Balaban J connectivity index is 0.000000583. The van der Waals surface area contributed by atoms with Crippen molar-refractivity contribution in [3.8, 4) is 0 Å². The Kier molecular flexibility index (Phi) is 8.02. The Hall–Kier alpha value is -0.120. The van der Waals surface area contributed by atoms with Crippen molar-refractivity contribution < 1.29 is 9.47 Å². The number of hydrogen-bond donors (Lipinski definition) is 0. The maximum Gasteiger partial charge on any atom is 0.0803 e. The molecular formula is C12H27NO2. The zero-order valence-corrected chi connectivity index (χ0v) is 11.0. The van der Waals surface area contributed by atoms with E-state index in [1.165, 1.54) is 6.42 Å². The first-order chi connectivity index (χ1) is 7.08. The molecule has 0 aliphatic carbocycles. The molecule has 1 unspecified atom stereocenters. The second kappa shape index (κ2) is 8.08. The fourth-order valence-corrected chi connectivity index (χ4v) is 1.61. The van der Waals surface area contributed by atoms with Gasteiger partial charge in [-0.3, -0.25) is 0 Å². The third kappa shape index (κ3) is 6.88. The van der Waals surface area contributed by atoms with Crippen LogP contribution in [0, 0.1) is 0 Å². The number of rotatable bonds is 3. The van der Waals surface area contributed by atoms with Crippen LogP contribution in [-0.2, 0) is 9.47 Å². The third-order valence-corrected chi connectivity index (χ3v) is 2.36. The van der Waals surface area contributed by atoms with Crippen molar-refractivity contribution in [1.82, 2.24) is 4.90 Å². The van der Waals surface area contributed by atoms with E-state index in [-0.39, 0.29) is 5.60 Å². The lowest BCUT2D eigenvalue weighted by Crippen LogP contribution is -2.48. The Labute approximate surface area is 94.7 Å². The van der Waals surface area contributed by atoms with E-state index in [0.29, 0.717) is 0 Å². The number of morpholine rings is 1. The molecule has 3 nitrogen and oxygen atoms in total. The molecule has 0 radical (unpaired) electrons. The highest BCUT2D eigenvalue weighted by molar-refractivity contribution is 4.82. The number of likely N-dealkylation sites (N-methyl/N-ethyl adjacent to an activating group) is 1. The van der Waals surface area contributed by atoms with Gasteiger partial charge in [-0.25, -0.2) is 0 Å². The van der Waals surface area contributed by atoms with E-state index in [9.17, 15) is 0 Å². The quantitative estimate of drug-likeness (QED) is 0.723. The van der Waals surface area contributed by atoms with Gasteiger partial charge < -0.3 is 14.4 Å².